The van der Waals surface area contributed by atoms with Crippen molar-refractivity contribution in [2.45, 2.75) is 71.9 Å². The number of rotatable bonds is 9. The Hall–Kier alpha value is -0.0800. The molecule has 1 rings (SSSR count). The monoisotopic (exact) mass is 241 g/mol. The largest absolute Gasteiger partial charge is 0.378 e. The minimum Gasteiger partial charge on any atom is -0.378 e. The zero-order valence-corrected chi connectivity index (χ0v) is 12.2. The first-order chi connectivity index (χ1) is 8.15. The molecule has 1 N–H and O–H groups in total. The van der Waals surface area contributed by atoms with Crippen molar-refractivity contribution in [1.29, 1.82) is 0 Å². The van der Waals surface area contributed by atoms with Gasteiger partial charge in [0.15, 0.2) is 0 Å². The lowest BCUT2D eigenvalue weighted by molar-refractivity contribution is -0.0295. The predicted molar refractivity (Wildman–Crippen MR) is 74.3 cm³/mol. The maximum Gasteiger partial charge on any atom is 0.0580 e. The van der Waals surface area contributed by atoms with Crippen LogP contribution in [-0.4, -0.2) is 25.3 Å². The highest BCUT2D eigenvalue weighted by Gasteiger charge is 2.31. The van der Waals surface area contributed by atoms with E-state index < -0.39 is 0 Å². The Kier molecular flexibility index (Phi) is 7.14. The first kappa shape index (κ1) is 15.0. The molecule has 0 heterocycles. The van der Waals surface area contributed by atoms with Gasteiger partial charge in [0.25, 0.3) is 0 Å². The van der Waals surface area contributed by atoms with E-state index in [2.05, 4.69) is 33.0 Å². The molecule has 1 unspecified atom stereocenters. The molecule has 0 aromatic heterocycles. The maximum atomic E-state index is 5.63. The zero-order valence-electron chi connectivity index (χ0n) is 12.2. The molecule has 2 nitrogen and oxygen atoms in total. The highest BCUT2D eigenvalue weighted by molar-refractivity contribution is 4.84. The SMILES string of the molecule is CCCNC(CC(C)C)CC1CC(OCC)C1. The summed E-state index contributed by atoms with van der Waals surface area (Å²) in [5, 5.41) is 3.71. The summed E-state index contributed by atoms with van der Waals surface area (Å²) in [5.74, 6) is 1.70. The number of ether oxygens (including phenoxy) is 1. The zero-order chi connectivity index (χ0) is 12.7. The first-order valence-corrected chi connectivity index (χ1v) is 7.50. The molecule has 102 valence electrons. The summed E-state index contributed by atoms with van der Waals surface area (Å²) < 4.78 is 5.63. The molecule has 0 amide bonds. The van der Waals surface area contributed by atoms with Gasteiger partial charge in [0.2, 0.25) is 0 Å². The second kappa shape index (κ2) is 8.10. The van der Waals surface area contributed by atoms with Gasteiger partial charge >= 0.3 is 0 Å². The molecule has 0 aromatic carbocycles. The molecular weight excluding hydrogens is 210 g/mol. The second-order valence-electron chi connectivity index (χ2n) is 5.93. The standard InChI is InChI=1S/C15H31NO/c1-5-7-16-14(8-12(3)4)9-13-10-15(11-13)17-6-2/h12-16H,5-11H2,1-4H3. The Balaban J connectivity index is 2.20. The van der Waals surface area contributed by atoms with Crippen molar-refractivity contribution in [3.05, 3.63) is 0 Å². The van der Waals surface area contributed by atoms with Gasteiger partial charge in [-0.3, -0.25) is 0 Å². The quantitative estimate of drug-likeness (QED) is 0.666. The second-order valence-corrected chi connectivity index (χ2v) is 5.93. The van der Waals surface area contributed by atoms with Crippen LogP contribution >= 0.6 is 0 Å². The van der Waals surface area contributed by atoms with E-state index in [0.29, 0.717) is 6.10 Å². The van der Waals surface area contributed by atoms with E-state index in [1.165, 1.54) is 38.6 Å². The van der Waals surface area contributed by atoms with Gasteiger partial charge in [0, 0.05) is 12.6 Å². The van der Waals surface area contributed by atoms with E-state index in [1.807, 2.05) is 0 Å². The van der Waals surface area contributed by atoms with E-state index >= 15 is 0 Å². The third-order valence-corrected chi connectivity index (χ3v) is 3.65. The minimum atomic E-state index is 0.566. The summed E-state index contributed by atoms with van der Waals surface area (Å²) in [5.41, 5.74) is 0. The molecule has 0 aromatic rings. The normalized spacial score (nSPS) is 25.9. The van der Waals surface area contributed by atoms with Gasteiger partial charge in [-0.1, -0.05) is 20.8 Å². The predicted octanol–water partition coefficient (Wildman–Crippen LogP) is 3.61. The van der Waals surface area contributed by atoms with Gasteiger partial charge in [-0.05, 0) is 57.4 Å². The van der Waals surface area contributed by atoms with Crippen LogP contribution in [0.15, 0.2) is 0 Å². The summed E-state index contributed by atoms with van der Waals surface area (Å²) >= 11 is 0. The molecule has 2 heteroatoms. The highest BCUT2D eigenvalue weighted by Crippen LogP contribution is 2.34. The number of hydrogen-bond acceptors (Lipinski definition) is 2. The van der Waals surface area contributed by atoms with E-state index in [0.717, 1.165) is 24.5 Å². The third-order valence-electron chi connectivity index (χ3n) is 3.65. The van der Waals surface area contributed by atoms with Gasteiger partial charge in [0.1, 0.15) is 0 Å². The molecule has 0 radical (unpaired) electrons. The summed E-state index contributed by atoms with van der Waals surface area (Å²) in [4.78, 5) is 0. The molecule has 1 fully saturated rings. The van der Waals surface area contributed by atoms with Crippen LogP contribution in [0.2, 0.25) is 0 Å². The highest BCUT2D eigenvalue weighted by atomic mass is 16.5. The molecule has 1 atom stereocenters. The Morgan fingerprint density at radius 2 is 1.94 bits per heavy atom. The van der Waals surface area contributed by atoms with E-state index in [9.17, 15) is 0 Å². The van der Waals surface area contributed by atoms with E-state index in [4.69, 9.17) is 4.74 Å². The third kappa shape index (κ3) is 5.87. The fraction of sp³-hybridized carbons (Fsp3) is 1.00. The summed E-state index contributed by atoms with van der Waals surface area (Å²) in [6, 6.07) is 0.725. The van der Waals surface area contributed by atoms with Crippen LogP contribution in [0, 0.1) is 11.8 Å². The van der Waals surface area contributed by atoms with Crippen molar-refractivity contribution in [1.82, 2.24) is 5.32 Å². The summed E-state index contributed by atoms with van der Waals surface area (Å²) in [6.07, 6.45) is 7.04. The lowest BCUT2D eigenvalue weighted by Crippen LogP contribution is -2.39. The fourth-order valence-corrected chi connectivity index (χ4v) is 2.82. The molecule has 0 aliphatic heterocycles. The first-order valence-electron chi connectivity index (χ1n) is 7.50. The van der Waals surface area contributed by atoms with Crippen molar-refractivity contribution < 1.29 is 4.74 Å². The van der Waals surface area contributed by atoms with Gasteiger partial charge in [-0.25, -0.2) is 0 Å². The molecular formula is C15H31NO. The molecule has 0 bridgehead atoms. The van der Waals surface area contributed by atoms with Gasteiger partial charge in [-0.2, -0.15) is 0 Å². The number of nitrogens with one attached hydrogen (secondary N) is 1. The fourth-order valence-electron chi connectivity index (χ4n) is 2.82. The molecule has 0 saturated heterocycles. The van der Waals surface area contributed by atoms with Crippen molar-refractivity contribution >= 4 is 0 Å². The van der Waals surface area contributed by atoms with Crippen molar-refractivity contribution in [2.24, 2.45) is 11.8 Å². The topological polar surface area (TPSA) is 21.3 Å². The smallest absolute Gasteiger partial charge is 0.0580 e. The molecule has 0 spiro atoms. The van der Waals surface area contributed by atoms with Crippen molar-refractivity contribution in [3.8, 4) is 0 Å². The van der Waals surface area contributed by atoms with Crippen molar-refractivity contribution in [3.63, 3.8) is 0 Å². The van der Waals surface area contributed by atoms with Crippen LogP contribution in [0.4, 0.5) is 0 Å². The molecule has 17 heavy (non-hydrogen) atoms. The Morgan fingerprint density at radius 1 is 1.24 bits per heavy atom. The Morgan fingerprint density at radius 3 is 2.47 bits per heavy atom. The van der Waals surface area contributed by atoms with Gasteiger partial charge in [0.05, 0.1) is 6.10 Å². The van der Waals surface area contributed by atoms with E-state index in [-0.39, 0.29) is 0 Å². The van der Waals surface area contributed by atoms with Gasteiger partial charge < -0.3 is 10.1 Å². The number of hydrogen-bond donors (Lipinski definition) is 1. The van der Waals surface area contributed by atoms with Crippen LogP contribution in [0.1, 0.15) is 59.8 Å². The summed E-state index contributed by atoms with van der Waals surface area (Å²) in [6.45, 7) is 11.0. The minimum absolute atomic E-state index is 0.566. The Labute approximate surface area is 108 Å². The lowest BCUT2D eigenvalue weighted by atomic mass is 9.77. The summed E-state index contributed by atoms with van der Waals surface area (Å²) in [7, 11) is 0. The van der Waals surface area contributed by atoms with E-state index in [1.54, 1.807) is 0 Å². The molecule has 1 aliphatic carbocycles. The average molecular weight is 241 g/mol. The van der Waals surface area contributed by atoms with Crippen LogP contribution in [0.25, 0.3) is 0 Å². The lowest BCUT2D eigenvalue weighted by Gasteiger charge is -2.37. The van der Waals surface area contributed by atoms with Gasteiger partial charge in [-0.15, -0.1) is 0 Å². The molecule has 1 aliphatic rings. The van der Waals surface area contributed by atoms with Crippen LogP contribution in [0.3, 0.4) is 0 Å². The van der Waals surface area contributed by atoms with Crippen LogP contribution in [0.5, 0.6) is 0 Å². The van der Waals surface area contributed by atoms with Crippen LogP contribution < -0.4 is 5.32 Å². The van der Waals surface area contributed by atoms with Crippen LogP contribution in [-0.2, 0) is 4.74 Å². The molecule has 1 saturated carbocycles. The Bertz CT molecular complexity index is 187. The van der Waals surface area contributed by atoms with Crippen molar-refractivity contribution in [2.75, 3.05) is 13.2 Å². The average Bonchev–Trinajstić information content (AvgIpc) is 2.22. The maximum absolute atomic E-state index is 5.63.